The molecule has 0 aliphatic carbocycles. The van der Waals surface area contributed by atoms with Crippen LogP contribution in [-0.4, -0.2) is 10.9 Å². The van der Waals surface area contributed by atoms with Crippen molar-refractivity contribution in [2.45, 2.75) is 6.92 Å². The molecule has 24 heavy (non-hydrogen) atoms. The molecule has 5 nitrogen and oxygen atoms in total. The number of nitrogens with zero attached hydrogens (tertiary/aromatic N) is 2. The Labute approximate surface area is 140 Å². The Balaban J connectivity index is 1.76. The number of benzene rings is 2. The van der Waals surface area contributed by atoms with Crippen molar-refractivity contribution in [2.75, 3.05) is 11.1 Å². The summed E-state index contributed by atoms with van der Waals surface area (Å²) in [5, 5.41) is 7.47. The van der Waals surface area contributed by atoms with Gasteiger partial charge in [0.1, 0.15) is 5.82 Å². The third kappa shape index (κ3) is 3.70. The molecule has 2 aromatic carbocycles. The van der Waals surface area contributed by atoms with Crippen LogP contribution in [0.5, 0.6) is 0 Å². The van der Waals surface area contributed by atoms with Crippen LogP contribution in [0.4, 0.5) is 17.2 Å². The van der Waals surface area contributed by atoms with Crippen molar-refractivity contribution in [2.24, 2.45) is 5.10 Å². The first kappa shape index (κ1) is 15.6. The second kappa shape index (κ2) is 6.83. The Kier molecular flexibility index (Phi) is 4.43. The molecule has 3 aromatic rings. The topological polar surface area (TPSA) is 72.4 Å². The Morgan fingerprint density at radius 3 is 2.33 bits per heavy atom. The molecule has 0 saturated heterocycles. The lowest BCUT2D eigenvalue weighted by atomic mass is 10.2. The van der Waals surface area contributed by atoms with E-state index in [-0.39, 0.29) is 5.56 Å². The lowest BCUT2D eigenvalue weighted by Gasteiger charge is -2.06. The molecule has 0 fully saturated rings. The Hall–Kier alpha value is -3.34. The van der Waals surface area contributed by atoms with Crippen LogP contribution in [0.1, 0.15) is 11.1 Å². The van der Waals surface area contributed by atoms with Crippen molar-refractivity contribution in [3.8, 4) is 0 Å². The maximum atomic E-state index is 11.9. The highest BCUT2D eigenvalue weighted by Crippen LogP contribution is 2.16. The first-order valence-corrected chi connectivity index (χ1v) is 7.57. The highest BCUT2D eigenvalue weighted by Gasteiger charge is 2.00. The zero-order valence-corrected chi connectivity index (χ0v) is 13.3. The minimum absolute atomic E-state index is 0.244. The lowest BCUT2D eigenvalue weighted by molar-refractivity contribution is 0.843. The number of pyridine rings is 1. The van der Waals surface area contributed by atoms with E-state index >= 15 is 0 Å². The molecular formula is C19H18N4O. The number of hydrogen-bond donors (Lipinski definition) is 2. The fourth-order valence-corrected chi connectivity index (χ4v) is 2.31. The quantitative estimate of drug-likeness (QED) is 0.724. The fourth-order valence-electron chi connectivity index (χ4n) is 2.31. The van der Waals surface area contributed by atoms with Crippen molar-refractivity contribution in [3.63, 3.8) is 0 Å². The van der Waals surface area contributed by atoms with Crippen LogP contribution in [0.25, 0.3) is 0 Å². The Morgan fingerprint density at radius 2 is 1.67 bits per heavy atom. The van der Waals surface area contributed by atoms with Crippen molar-refractivity contribution in [1.82, 2.24) is 4.68 Å². The van der Waals surface area contributed by atoms with Gasteiger partial charge in [0.25, 0.3) is 5.56 Å². The van der Waals surface area contributed by atoms with Gasteiger partial charge in [-0.15, -0.1) is 0 Å². The van der Waals surface area contributed by atoms with E-state index in [4.69, 9.17) is 5.73 Å². The number of para-hydroxylation sites is 1. The van der Waals surface area contributed by atoms with Gasteiger partial charge in [-0.25, -0.2) is 0 Å². The third-order valence-electron chi connectivity index (χ3n) is 3.48. The molecule has 5 heteroatoms. The monoisotopic (exact) mass is 318 g/mol. The fraction of sp³-hybridized carbons (Fsp3) is 0.0526. The highest BCUT2D eigenvalue weighted by atomic mass is 16.1. The van der Waals surface area contributed by atoms with E-state index in [0.717, 1.165) is 22.5 Å². The van der Waals surface area contributed by atoms with E-state index in [9.17, 15) is 4.79 Å². The smallest absolute Gasteiger partial charge is 0.273 e. The molecular weight excluding hydrogens is 300 g/mol. The minimum Gasteiger partial charge on any atom is -0.384 e. The van der Waals surface area contributed by atoms with Crippen molar-refractivity contribution >= 4 is 23.4 Å². The van der Waals surface area contributed by atoms with E-state index in [2.05, 4.69) is 10.4 Å². The number of aromatic nitrogens is 1. The van der Waals surface area contributed by atoms with Gasteiger partial charge in [-0.05, 0) is 48.4 Å². The van der Waals surface area contributed by atoms with Crippen LogP contribution in [-0.2, 0) is 0 Å². The number of rotatable bonds is 4. The minimum atomic E-state index is -0.244. The number of anilines is 3. The van der Waals surface area contributed by atoms with Crippen molar-refractivity contribution in [3.05, 3.63) is 88.2 Å². The molecule has 0 saturated carbocycles. The largest absolute Gasteiger partial charge is 0.384 e. The number of hydrogen-bond acceptors (Lipinski definition) is 4. The summed E-state index contributed by atoms with van der Waals surface area (Å²) in [6, 6.07) is 20.9. The van der Waals surface area contributed by atoms with Crippen molar-refractivity contribution in [1.29, 1.82) is 0 Å². The molecule has 0 aliphatic heterocycles. The lowest BCUT2D eigenvalue weighted by Crippen LogP contribution is -2.19. The van der Waals surface area contributed by atoms with Gasteiger partial charge < -0.3 is 11.1 Å². The predicted octanol–water partition coefficient (Wildman–Crippen LogP) is 3.36. The first-order valence-electron chi connectivity index (χ1n) is 7.57. The Morgan fingerprint density at radius 1 is 1.00 bits per heavy atom. The standard InChI is InChI=1S/C19H18N4O/c1-14-11-18(20)23(19(24)12-14)21-13-15-7-9-17(10-8-15)22-16-5-3-2-4-6-16/h2-13,22H,20H2,1H3/b21-13-. The number of nitrogens with one attached hydrogen (secondary N) is 1. The first-order chi connectivity index (χ1) is 11.6. The molecule has 120 valence electrons. The molecule has 0 aliphatic rings. The molecule has 1 aromatic heterocycles. The summed E-state index contributed by atoms with van der Waals surface area (Å²) in [6.07, 6.45) is 1.61. The average molecular weight is 318 g/mol. The van der Waals surface area contributed by atoms with Crippen LogP contribution < -0.4 is 16.6 Å². The molecule has 1 heterocycles. The Bertz CT molecular complexity index is 912. The third-order valence-corrected chi connectivity index (χ3v) is 3.48. The molecule has 0 radical (unpaired) electrons. The van der Waals surface area contributed by atoms with Gasteiger partial charge in [-0.2, -0.15) is 9.78 Å². The highest BCUT2D eigenvalue weighted by molar-refractivity contribution is 5.80. The number of nitrogens with two attached hydrogens (primary N) is 1. The molecule has 0 bridgehead atoms. The average Bonchev–Trinajstić information content (AvgIpc) is 2.56. The summed E-state index contributed by atoms with van der Waals surface area (Å²) in [7, 11) is 0. The van der Waals surface area contributed by atoms with Crippen molar-refractivity contribution < 1.29 is 0 Å². The molecule has 3 rings (SSSR count). The number of nitrogen functional groups attached to an aromatic ring is 1. The van der Waals surface area contributed by atoms with Crippen LogP contribution in [0.2, 0.25) is 0 Å². The summed E-state index contributed by atoms with van der Waals surface area (Å²) in [6.45, 7) is 1.82. The van der Waals surface area contributed by atoms with Gasteiger partial charge in [-0.3, -0.25) is 4.79 Å². The van der Waals surface area contributed by atoms with Gasteiger partial charge in [0.2, 0.25) is 0 Å². The molecule has 3 N–H and O–H groups in total. The van der Waals surface area contributed by atoms with Gasteiger partial charge in [0.15, 0.2) is 0 Å². The summed E-state index contributed by atoms with van der Waals surface area (Å²) >= 11 is 0. The normalized spacial score (nSPS) is 10.9. The summed E-state index contributed by atoms with van der Waals surface area (Å²) < 4.78 is 1.18. The van der Waals surface area contributed by atoms with Crippen LogP contribution in [0, 0.1) is 6.92 Å². The van der Waals surface area contributed by atoms with E-state index in [1.807, 2.05) is 61.5 Å². The van der Waals surface area contributed by atoms with Gasteiger partial charge >= 0.3 is 0 Å². The summed E-state index contributed by atoms with van der Waals surface area (Å²) in [5.74, 6) is 0.318. The van der Waals surface area contributed by atoms with E-state index in [1.165, 1.54) is 10.7 Å². The van der Waals surface area contributed by atoms with Gasteiger partial charge in [0, 0.05) is 17.4 Å². The molecule has 0 spiro atoms. The second-order valence-electron chi connectivity index (χ2n) is 5.47. The van der Waals surface area contributed by atoms with Crippen LogP contribution in [0.3, 0.4) is 0 Å². The summed E-state index contributed by atoms with van der Waals surface area (Å²) in [5.41, 5.74) is 9.29. The molecule has 0 atom stereocenters. The van der Waals surface area contributed by atoms with Crippen LogP contribution in [0.15, 0.2) is 76.6 Å². The number of aryl methyl sites for hydroxylation is 1. The van der Waals surface area contributed by atoms with E-state index in [0.29, 0.717) is 5.82 Å². The predicted molar refractivity (Wildman–Crippen MR) is 99.0 cm³/mol. The van der Waals surface area contributed by atoms with Crippen LogP contribution >= 0.6 is 0 Å². The molecule has 0 amide bonds. The van der Waals surface area contributed by atoms with E-state index < -0.39 is 0 Å². The maximum Gasteiger partial charge on any atom is 0.273 e. The zero-order chi connectivity index (χ0) is 16.9. The summed E-state index contributed by atoms with van der Waals surface area (Å²) in [4.78, 5) is 11.9. The molecule has 0 unspecified atom stereocenters. The maximum absolute atomic E-state index is 11.9. The second-order valence-corrected chi connectivity index (χ2v) is 5.47. The van der Waals surface area contributed by atoms with Gasteiger partial charge in [0.05, 0.1) is 6.21 Å². The zero-order valence-electron chi connectivity index (χ0n) is 13.3. The SMILES string of the molecule is Cc1cc(N)n(/N=C\c2ccc(Nc3ccccc3)cc2)c(=O)c1. The van der Waals surface area contributed by atoms with Gasteiger partial charge in [-0.1, -0.05) is 30.3 Å². The van der Waals surface area contributed by atoms with E-state index in [1.54, 1.807) is 12.3 Å².